The Morgan fingerprint density at radius 1 is 1.44 bits per heavy atom. The molecule has 1 aromatic carbocycles. The second kappa shape index (κ2) is 4.29. The zero-order valence-corrected chi connectivity index (χ0v) is 11.3. The Morgan fingerprint density at radius 2 is 2.28 bits per heavy atom. The first kappa shape index (κ1) is 11.6. The molecule has 0 saturated heterocycles. The predicted octanol–water partition coefficient (Wildman–Crippen LogP) is 2.46. The zero-order valence-electron chi connectivity index (χ0n) is 9.71. The number of nitrogens with zero attached hydrogens (tertiary/aromatic N) is 2. The van der Waals surface area contributed by atoms with Crippen LogP contribution in [0.2, 0.25) is 0 Å². The summed E-state index contributed by atoms with van der Waals surface area (Å²) in [5.74, 6) is 0.629. The van der Waals surface area contributed by atoms with Crippen LogP contribution < -0.4 is 10.6 Å². The molecule has 0 unspecified atom stereocenters. The van der Waals surface area contributed by atoms with E-state index >= 15 is 0 Å². The van der Waals surface area contributed by atoms with E-state index in [9.17, 15) is 4.79 Å². The number of carbonyl (C=O) groups excluding carboxylic acids is 1. The molecule has 2 heterocycles. The third-order valence-electron chi connectivity index (χ3n) is 2.86. The summed E-state index contributed by atoms with van der Waals surface area (Å²) in [4.78, 5) is 18.7. The average molecular weight is 277 g/mol. The fourth-order valence-electron chi connectivity index (χ4n) is 1.86. The molecule has 1 amide bonds. The van der Waals surface area contributed by atoms with Crippen molar-refractivity contribution in [2.24, 2.45) is 0 Å². The van der Waals surface area contributed by atoms with E-state index in [1.165, 1.54) is 11.3 Å². The number of hydrogen-bond acceptors (Lipinski definition) is 5. The fraction of sp³-hybridized carbons (Fsp3) is 0.167. The Labute approximate surface area is 113 Å². The molecule has 4 nitrogen and oxygen atoms in total. The summed E-state index contributed by atoms with van der Waals surface area (Å²) in [5, 5.41) is 2.52. The van der Waals surface area contributed by atoms with Gasteiger partial charge in [0.2, 0.25) is 5.91 Å². The van der Waals surface area contributed by atoms with Gasteiger partial charge in [0.05, 0.1) is 17.1 Å². The summed E-state index contributed by atoms with van der Waals surface area (Å²) in [6.07, 6.45) is 0. The number of anilines is 2. The minimum atomic E-state index is 0.137. The van der Waals surface area contributed by atoms with Crippen LogP contribution in [0.15, 0.2) is 28.5 Å². The summed E-state index contributed by atoms with van der Waals surface area (Å²) in [6.45, 7) is 0. The lowest BCUT2D eigenvalue weighted by molar-refractivity contribution is -0.116. The molecule has 0 atom stereocenters. The van der Waals surface area contributed by atoms with Crippen LogP contribution in [0, 0.1) is 0 Å². The Balaban J connectivity index is 2.04. The molecule has 6 heteroatoms. The quantitative estimate of drug-likeness (QED) is 0.870. The fourth-order valence-corrected chi connectivity index (χ4v) is 3.47. The lowest BCUT2D eigenvalue weighted by Crippen LogP contribution is -2.31. The number of thioether (sulfide) groups is 1. The van der Waals surface area contributed by atoms with Crippen molar-refractivity contribution in [3.63, 3.8) is 0 Å². The number of hydrogen-bond donors (Lipinski definition) is 1. The molecule has 0 aliphatic carbocycles. The molecule has 1 aliphatic heterocycles. The molecular weight excluding hydrogens is 266 g/mol. The number of nitrogen functional groups attached to an aromatic ring is 1. The highest BCUT2D eigenvalue weighted by atomic mass is 32.2. The minimum Gasteiger partial charge on any atom is -0.375 e. The normalized spacial score (nSPS) is 14.7. The molecule has 18 heavy (non-hydrogen) atoms. The number of carbonyl (C=O) groups is 1. The van der Waals surface area contributed by atoms with E-state index < -0.39 is 0 Å². The van der Waals surface area contributed by atoms with E-state index in [1.807, 2.05) is 17.5 Å². The smallest absolute Gasteiger partial charge is 0.237 e. The Morgan fingerprint density at radius 3 is 3.00 bits per heavy atom. The van der Waals surface area contributed by atoms with Gasteiger partial charge in [-0.25, -0.2) is 4.98 Å². The molecule has 0 fully saturated rings. The lowest BCUT2D eigenvalue weighted by atomic mass is 10.1. The lowest BCUT2D eigenvalue weighted by Gasteiger charge is -2.25. The van der Waals surface area contributed by atoms with E-state index in [0.717, 1.165) is 21.8 Å². The maximum absolute atomic E-state index is 11.6. The topological polar surface area (TPSA) is 59.2 Å². The van der Waals surface area contributed by atoms with Gasteiger partial charge in [-0.15, -0.1) is 23.1 Å². The van der Waals surface area contributed by atoms with Crippen LogP contribution in [-0.4, -0.2) is 23.7 Å². The third-order valence-corrected chi connectivity index (χ3v) is 4.57. The van der Waals surface area contributed by atoms with Crippen molar-refractivity contribution in [1.29, 1.82) is 0 Å². The minimum absolute atomic E-state index is 0.137. The van der Waals surface area contributed by atoms with Gasteiger partial charge < -0.3 is 10.6 Å². The number of amides is 1. The number of thiazole rings is 1. The Kier molecular flexibility index (Phi) is 2.76. The third kappa shape index (κ3) is 1.87. The zero-order chi connectivity index (χ0) is 12.7. The number of aromatic nitrogens is 1. The molecule has 1 aromatic heterocycles. The molecule has 2 aromatic rings. The molecule has 0 saturated carbocycles. The monoisotopic (exact) mass is 277 g/mol. The highest BCUT2D eigenvalue weighted by Gasteiger charge is 2.21. The van der Waals surface area contributed by atoms with Crippen molar-refractivity contribution in [3.05, 3.63) is 23.6 Å². The van der Waals surface area contributed by atoms with Gasteiger partial charge in [0, 0.05) is 22.9 Å². The standard InChI is InChI=1S/C12H11N3OS2/c1-15-9-3-2-7(8-5-18-12(13)14-8)4-10(9)17-6-11(15)16/h2-5H,6H2,1H3,(H2,13,14). The molecule has 3 rings (SSSR count). The van der Waals surface area contributed by atoms with Crippen LogP contribution in [0.5, 0.6) is 0 Å². The average Bonchev–Trinajstić information content (AvgIpc) is 2.80. The molecule has 0 spiro atoms. The highest BCUT2D eigenvalue weighted by molar-refractivity contribution is 8.00. The number of rotatable bonds is 1. The van der Waals surface area contributed by atoms with Crippen molar-refractivity contribution in [3.8, 4) is 11.3 Å². The molecule has 0 bridgehead atoms. The van der Waals surface area contributed by atoms with E-state index in [0.29, 0.717) is 10.9 Å². The van der Waals surface area contributed by atoms with Gasteiger partial charge in [0.15, 0.2) is 5.13 Å². The number of fused-ring (bicyclic) bond motifs is 1. The van der Waals surface area contributed by atoms with Crippen molar-refractivity contribution in [2.75, 3.05) is 23.4 Å². The second-order valence-electron chi connectivity index (χ2n) is 3.99. The van der Waals surface area contributed by atoms with Gasteiger partial charge in [0.25, 0.3) is 0 Å². The van der Waals surface area contributed by atoms with Crippen LogP contribution in [-0.2, 0) is 4.79 Å². The van der Waals surface area contributed by atoms with Gasteiger partial charge in [0.1, 0.15) is 0 Å². The number of nitrogens with two attached hydrogens (primary N) is 1. The van der Waals surface area contributed by atoms with Crippen LogP contribution in [0.4, 0.5) is 10.8 Å². The SMILES string of the molecule is CN1C(=O)CSc2cc(-c3csc(N)n3)ccc21. The largest absolute Gasteiger partial charge is 0.375 e. The molecular formula is C12H11N3OS2. The van der Waals surface area contributed by atoms with E-state index in [1.54, 1.807) is 23.7 Å². The molecule has 1 aliphatic rings. The maximum atomic E-state index is 11.6. The maximum Gasteiger partial charge on any atom is 0.237 e. The van der Waals surface area contributed by atoms with Crippen LogP contribution in [0.25, 0.3) is 11.3 Å². The predicted molar refractivity (Wildman–Crippen MR) is 76.1 cm³/mol. The van der Waals surface area contributed by atoms with Crippen molar-refractivity contribution in [2.45, 2.75) is 4.90 Å². The van der Waals surface area contributed by atoms with Crippen LogP contribution >= 0.6 is 23.1 Å². The molecule has 92 valence electrons. The van der Waals surface area contributed by atoms with Crippen molar-refractivity contribution >= 4 is 39.8 Å². The molecule has 2 N–H and O–H groups in total. The van der Waals surface area contributed by atoms with Crippen molar-refractivity contribution in [1.82, 2.24) is 4.98 Å². The van der Waals surface area contributed by atoms with Crippen LogP contribution in [0.3, 0.4) is 0 Å². The van der Waals surface area contributed by atoms with Crippen molar-refractivity contribution < 1.29 is 4.79 Å². The van der Waals surface area contributed by atoms with Crippen LogP contribution in [0.1, 0.15) is 0 Å². The van der Waals surface area contributed by atoms with Gasteiger partial charge >= 0.3 is 0 Å². The molecule has 0 radical (unpaired) electrons. The Hall–Kier alpha value is -1.53. The number of benzene rings is 1. The van der Waals surface area contributed by atoms with Gasteiger partial charge in [-0.2, -0.15) is 0 Å². The van der Waals surface area contributed by atoms with Gasteiger partial charge in [-0.05, 0) is 12.1 Å². The first-order valence-electron chi connectivity index (χ1n) is 5.40. The van der Waals surface area contributed by atoms with E-state index in [4.69, 9.17) is 5.73 Å². The summed E-state index contributed by atoms with van der Waals surface area (Å²) in [7, 11) is 1.81. The summed E-state index contributed by atoms with van der Waals surface area (Å²) < 4.78 is 0. The summed E-state index contributed by atoms with van der Waals surface area (Å²) in [6, 6.07) is 6.00. The summed E-state index contributed by atoms with van der Waals surface area (Å²) >= 11 is 3.00. The second-order valence-corrected chi connectivity index (χ2v) is 5.90. The van der Waals surface area contributed by atoms with E-state index in [-0.39, 0.29) is 5.91 Å². The Bertz CT molecular complexity index is 624. The van der Waals surface area contributed by atoms with Gasteiger partial charge in [-0.3, -0.25) is 4.79 Å². The first-order valence-corrected chi connectivity index (χ1v) is 7.26. The first-order chi connectivity index (χ1) is 8.65. The van der Waals surface area contributed by atoms with Gasteiger partial charge in [-0.1, -0.05) is 6.07 Å². The summed E-state index contributed by atoms with van der Waals surface area (Å²) in [5.41, 5.74) is 8.53. The van der Waals surface area contributed by atoms with E-state index in [2.05, 4.69) is 11.1 Å². The highest BCUT2D eigenvalue weighted by Crippen LogP contribution is 2.37.